The first kappa shape index (κ1) is 33.2. The van der Waals surface area contributed by atoms with E-state index < -0.39 is 0 Å². The van der Waals surface area contributed by atoms with Gasteiger partial charge in [0.1, 0.15) is 0 Å². The van der Waals surface area contributed by atoms with E-state index in [1.54, 1.807) is 60.7 Å². The zero-order valence-electron chi connectivity index (χ0n) is 26.2. The molecule has 0 fully saturated rings. The number of nitriles is 2. The second-order valence-electron chi connectivity index (χ2n) is 11.0. The number of aryl methyl sites for hydroxylation is 2. The maximum Gasteiger partial charge on any atom is 0.338 e. The highest BCUT2D eigenvalue weighted by Crippen LogP contribution is 2.20. The maximum atomic E-state index is 12.4. The number of nitrogens with zero attached hydrogens (tertiary/aromatic N) is 2. The number of benzene rings is 4. The zero-order valence-corrected chi connectivity index (χ0v) is 26.2. The third-order valence-electron chi connectivity index (χ3n) is 7.39. The van der Waals surface area contributed by atoms with Gasteiger partial charge in [0.25, 0.3) is 0 Å². The molecule has 0 atom stereocenters. The molecular formula is C40H36N2O4. The van der Waals surface area contributed by atoms with Gasteiger partial charge < -0.3 is 9.47 Å². The van der Waals surface area contributed by atoms with Crippen LogP contribution in [-0.4, -0.2) is 25.2 Å². The predicted octanol–water partition coefficient (Wildman–Crippen LogP) is 9.01. The molecule has 0 heterocycles. The maximum absolute atomic E-state index is 12.4. The summed E-state index contributed by atoms with van der Waals surface area (Å²) in [6, 6.07) is 34.0. The van der Waals surface area contributed by atoms with Crippen molar-refractivity contribution in [1.82, 2.24) is 0 Å². The van der Waals surface area contributed by atoms with Gasteiger partial charge in [0, 0.05) is 0 Å². The summed E-state index contributed by atoms with van der Waals surface area (Å²) in [6.45, 7) is 4.62. The number of esters is 2. The summed E-state index contributed by atoms with van der Waals surface area (Å²) in [5, 5.41) is 19.1. The van der Waals surface area contributed by atoms with Crippen molar-refractivity contribution >= 4 is 35.2 Å². The largest absolute Gasteiger partial charge is 0.462 e. The predicted molar refractivity (Wildman–Crippen MR) is 181 cm³/mol. The fourth-order valence-corrected chi connectivity index (χ4v) is 4.64. The van der Waals surface area contributed by atoms with Crippen LogP contribution in [0, 0.1) is 36.5 Å². The van der Waals surface area contributed by atoms with Crippen molar-refractivity contribution in [3.05, 3.63) is 142 Å². The van der Waals surface area contributed by atoms with E-state index in [0.717, 1.165) is 46.2 Å². The number of rotatable bonds is 13. The Morgan fingerprint density at radius 2 is 0.848 bits per heavy atom. The van der Waals surface area contributed by atoms with E-state index in [9.17, 15) is 20.1 Å². The standard InChI is InChI=1S/C40H36N2O4/c1-29-7-15-33(16-8-29)37(27-41)25-31-11-19-35(20-12-31)39(43)45-23-5-3-4-6-24-46-40(44)36-21-13-32(14-22-36)26-38(28-42)34-17-9-30(2)10-18-34/h7-22,25-26H,3-6,23-24H2,1-2H3/b37-25-,38-26+. The van der Waals surface area contributed by atoms with Crippen LogP contribution in [-0.2, 0) is 9.47 Å². The molecule has 0 radical (unpaired) electrons. The van der Waals surface area contributed by atoms with Crippen molar-refractivity contribution in [2.75, 3.05) is 13.2 Å². The molecule has 4 aromatic carbocycles. The first-order chi connectivity index (χ1) is 22.4. The van der Waals surface area contributed by atoms with Gasteiger partial charge in [-0.25, -0.2) is 9.59 Å². The normalized spacial score (nSPS) is 11.3. The third-order valence-corrected chi connectivity index (χ3v) is 7.39. The van der Waals surface area contributed by atoms with Crippen molar-refractivity contribution in [1.29, 1.82) is 10.5 Å². The van der Waals surface area contributed by atoms with Gasteiger partial charge in [0.2, 0.25) is 0 Å². The lowest BCUT2D eigenvalue weighted by Gasteiger charge is -2.07. The molecule has 6 nitrogen and oxygen atoms in total. The number of carbonyl (C=O) groups excluding carboxylic acids is 2. The summed E-state index contributed by atoms with van der Waals surface area (Å²) in [7, 11) is 0. The highest BCUT2D eigenvalue weighted by molar-refractivity contribution is 5.93. The quantitative estimate of drug-likeness (QED) is 0.0650. The molecule has 230 valence electrons. The van der Waals surface area contributed by atoms with Crippen molar-refractivity contribution in [2.24, 2.45) is 0 Å². The van der Waals surface area contributed by atoms with Gasteiger partial charge in [0.05, 0.1) is 47.6 Å². The summed E-state index contributed by atoms with van der Waals surface area (Å²) in [5.41, 5.74) is 7.62. The van der Waals surface area contributed by atoms with E-state index in [-0.39, 0.29) is 11.9 Å². The highest BCUT2D eigenvalue weighted by atomic mass is 16.5. The van der Waals surface area contributed by atoms with E-state index in [1.165, 1.54) is 0 Å². The summed E-state index contributed by atoms with van der Waals surface area (Å²) in [6.07, 6.45) is 6.70. The number of ether oxygens (including phenoxy) is 2. The summed E-state index contributed by atoms with van der Waals surface area (Å²) < 4.78 is 10.8. The minimum atomic E-state index is -0.385. The van der Waals surface area contributed by atoms with Crippen LogP contribution >= 0.6 is 0 Å². The van der Waals surface area contributed by atoms with Crippen LogP contribution in [0.4, 0.5) is 0 Å². The van der Waals surface area contributed by atoms with Crippen molar-refractivity contribution < 1.29 is 19.1 Å². The van der Waals surface area contributed by atoms with Crippen LogP contribution in [0.3, 0.4) is 0 Å². The van der Waals surface area contributed by atoms with E-state index >= 15 is 0 Å². The van der Waals surface area contributed by atoms with Crippen LogP contribution in [0.5, 0.6) is 0 Å². The molecule has 4 aromatic rings. The zero-order chi connectivity index (χ0) is 32.7. The molecule has 0 aromatic heterocycles. The summed E-state index contributed by atoms with van der Waals surface area (Å²) in [4.78, 5) is 24.9. The lowest BCUT2D eigenvalue weighted by atomic mass is 10.0. The van der Waals surface area contributed by atoms with Gasteiger partial charge in [-0.05, 0) is 98.2 Å². The molecule has 0 saturated heterocycles. The first-order valence-electron chi connectivity index (χ1n) is 15.3. The molecule has 0 amide bonds. The fraction of sp³-hybridized carbons (Fsp3) is 0.200. The Labute approximate surface area is 270 Å². The first-order valence-corrected chi connectivity index (χ1v) is 15.3. The number of hydrogen-bond acceptors (Lipinski definition) is 6. The number of hydrogen-bond donors (Lipinski definition) is 0. The van der Waals surface area contributed by atoms with Gasteiger partial charge in [-0.3, -0.25) is 0 Å². The van der Waals surface area contributed by atoms with Gasteiger partial charge in [-0.1, -0.05) is 83.9 Å². The van der Waals surface area contributed by atoms with Crippen LogP contribution < -0.4 is 0 Å². The molecule has 0 unspecified atom stereocenters. The second-order valence-corrected chi connectivity index (χ2v) is 11.0. The van der Waals surface area contributed by atoms with Crippen molar-refractivity contribution in [3.63, 3.8) is 0 Å². The van der Waals surface area contributed by atoms with Gasteiger partial charge >= 0.3 is 11.9 Å². The molecule has 0 spiro atoms. The summed E-state index contributed by atoms with van der Waals surface area (Å²) >= 11 is 0. The molecule has 46 heavy (non-hydrogen) atoms. The molecule has 0 aliphatic rings. The molecular weight excluding hydrogens is 572 g/mol. The molecule has 0 aliphatic heterocycles. The monoisotopic (exact) mass is 608 g/mol. The Kier molecular flexibility index (Phi) is 12.2. The van der Waals surface area contributed by atoms with Crippen LogP contribution in [0.25, 0.3) is 23.3 Å². The summed E-state index contributed by atoms with van der Waals surface area (Å²) in [5.74, 6) is -0.770. The minimum Gasteiger partial charge on any atom is -0.462 e. The fourth-order valence-electron chi connectivity index (χ4n) is 4.64. The van der Waals surface area contributed by atoms with Crippen LogP contribution in [0.15, 0.2) is 97.1 Å². The van der Waals surface area contributed by atoms with Crippen molar-refractivity contribution in [3.8, 4) is 12.1 Å². The Morgan fingerprint density at radius 3 is 1.17 bits per heavy atom. The number of allylic oxidation sites excluding steroid dienone is 2. The smallest absolute Gasteiger partial charge is 0.338 e. The van der Waals surface area contributed by atoms with E-state index in [0.29, 0.717) is 48.3 Å². The molecule has 0 aliphatic carbocycles. The average Bonchev–Trinajstić information content (AvgIpc) is 3.08. The number of carbonyl (C=O) groups is 2. The molecule has 0 bridgehead atoms. The molecule has 0 saturated carbocycles. The molecule has 0 N–H and O–H groups in total. The second kappa shape index (κ2) is 16.9. The number of unbranched alkanes of at least 4 members (excludes halogenated alkanes) is 3. The van der Waals surface area contributed by atoms with E-state index in [1.807, 2.05) is 62.4 Å². The lowest BCUT2D eigenvalue weighted by Crippen LogP contribution is -2.07. The van der Waals surface area contributed by atoms with Gasteiger partial charge in [0.15, 0.2) is 0 Å². The van der Waals surface area contributed by atoms with E-state index in [4.69, 9.17) is 9.47 Å². The topological polar surface area (TPSA) is 100 Å². The van der Waals surface area contributed by atoms with Crippen LogP contribution in [0.2, 0.25) is 0 Å². The average molecular weight is 609 g/mol. The molecule has 6 heteroatoms. The third kappa shape index (κ3) is 9.91. The SMILES string of the molecule is Cc1ccc(/C(C#N)=C/c2ccc(C(=O)OCCCCCCOC(=O)c3ccc(/C=C(/C#N)c4ccc(C)cc4)cc3)cc2)cc1. The Morgan fingerprint density at radius 1 is 0.522 bits per heavy atom. The highest BCUT2D eigenvalue weighted by Gasteiger charge is 2.09. The minimum absolute atomic E-state index is 0.310. The Bertz CT molecular complexity index is 1630. The van der Waals surface area contributed by atoms with Gasteiger partial charge in [-0.2, -0.15) is 10.5 Å². The van der Waals surface area contributed by atoms with Crippen molar-refractivity contribution in [2.45, 2.75) is 39.5 Å². The van der Waals surface area contributed by atoms with Gasteiger partial charge in [-0.15, -0.1) is 0 Å². The Hall–Kier alpha value is -5.72. The Balaban J connectivity index is 1.12. The van der Waals surface area contributed by atoms with E-state index in [2.05, 4.69) is 12.1 Å². The molecule has 4 rings (SSSR count). The van der Waals surface area contributed by atoms with Crippen LogP contribution in [0.1, 0.15) is 79.8 Å². The lowest BCUT2D eigenvalue weighted by molar-refractivity contribution is 0.0473.